The summed E-state index contributed by atoms with van der Waals surface area (Å²) in [4.78, 5) is 10.1. The van der Waals surface area contributed by atoms with E-state index in [0.29, 0.717) is 5.84 Å². The Bertz CT molecular complexity index is 3390. The predicted octanol–water partition coefficient (Wildman–Crippen LogP) is 12.7. The summed E-state index contributed by atoms with van der Waals surface area (Å²) >= 11 is 0. The number of fused-ring (bicyclic) bond motifs is 9. The summed E-state index contributed by atoms with van der Waals surface area (Å²) in [7, 11) is 0. The highest BCUT2D eigenvalue weighted by Crippen LogP contribution is 2.41. The number of hydrogen-bond donors (Lipinski definition) is 1. The van der Waals surface area contributed by atoms with E-state index in [0.717, 1.165) is 83.2 Å². The summed E-state index contributed by atoms with van der Waals surface area (Å²) in [6.45, 7) is 0. The third-order valence-corrected chi connectivity index (χ3v) is 11.3. The lowest BCUT2D eigenvalue weighted by molar-refractivity contribution is 0.659. The summed E-state index contributed by atoms with van der Waals surface area (Å²) in [5, 5.41) is 10.3. The van der Waals surface area contributed by atoms with Gasteiger partial charge in [0.15, 0.2) is 5.84 Å². The van der Waals surface area contributed by atoms with Crippen LogP contribution in [-0.2, 0) is 0 Å². The molecule has 1 N–H and O–H groups in total. The van der Waals surface area contributed by atoms with Gasteiger partial charge in [-0.2, -0.15) is 0 Å². The predicted molar refractivity (Wildman–Crippen MR) is 233 cm³/mol. The summed E-state index contributed by atoms with van der Waals surface area (Å²) in [6.07, 6.45) is -0.305. The second-order valence-corrected chi connectivity index (χ2v) is 14.6. The van der Waals surface area contributed by atoms with E-state index in [1.807, 2.05) is 48.5 Å². The normalized spacial score (nSPS) is 14.5. The van der Waals surface area contributed by atoms with Crippen LogP contribution < -0.4 is 5.32 Å². The highest BCUT2D eigenvalue weighted by Gasteiger charge is 2.24. The van der Waals surface area contributed by atoms with Gasteiger partial charge in [0, 0.05) is 43.6 Å². The number of furan rings is 2. The van der Waals surface area contributed by atoms with Crippen LogP contribution in [0.1, 0.15) is 22.9 Å². The molecule has 0 bridgehead atoms. The molecule has 6 heteroatoms. The molecule has 1 aliphatic heterocycles. The van der Waals surface area contributed by atoms with Crippen molar-refractivity contribution in [1.29, 1.82) is 0 Å². The standard InChI is InChI=1S/C51H32N4O2/c1-3-13-31(14-4-1)49-52-50(32-15-5-2-6-16-32)54-51(53-49)40-21-11-20-39-38-27-25-33(29-46(38)57-48(39)40)35-19-12-24-45-47(35)41-30-34(26-28-44(41)56-45)55-42-22-9-7-17-36(42)37-18-8-10-23-43(37)55/h1-30,49H,(H,52,53,54). The Hall–Kier alpha value is -7.70. The molecule has 1 aliphatic rings. The van der Waals surface area contributed by atoms with Gasteiger partial charge < -0.3 is 18.7 Å². The Morgan fingerprint density at radius 3 is 1.98 bits per heavy atom. The highest BCUT2D eigenvalue weighted by molar-refractivity contribution is 6.20. The molecule has 8 aromatic carbocycles. The average molecular weight is 733 g/mol. The van der Waals surface area contributed by atoms with Crippen molar-refractivity contribution in [3.63, 3.8) is 0 Å². The molecule has 0 saturated carbocycles. The molecular weight excluding hydrogens is 701 g/mol. The molecule has 12 rings (SSSR count). The first-order valence-corrected chi connectivity index (χ1v) is 19.2. The van der Waals surface area contributed by atoms with Gasteiger partial charge in [-0.1, -0.05) is 127 Å². The third kappa shape index (κ3) is 4.97. The molecule has 0 aliphatic carbocycles. The van der Waals surface area contributed by atoms with E-state index >= 15 is 0 Å². The highest BCUT2D eigenvalue weighted by atomic mass is 16.3. The Balaban J connectivity index is 0.997. The van der Waals surface area contributed by atoms with Crippen molar-refractivity contribution in [1.82, 2.24) is 9.88 Å². The molecule has 1 atom stereocenters. The van der Waals surface area contributed by atoms with Gasteiger partial charge in [-0.15, -0.1) is 0 Å². The molecule has 0 fully saturated rings. The molecule has 0 amide bonds. The van der Waals surface area contributed by atoms with Crippen molar-refractivity contribution >= 4 is 77.4 Å². The molecule has 1 unspecified atom stereocenters. The van der Waals surface area contributed by atoms with Gasteiger partial charge in [0.1, 0.15) is 34.3 Å². The smallest absolute Gasteiger partial charge is 0.159 e. The van der Waals surface area contributed by atoms with Gasteiger partial charge in [-0.25, -0.2) is 9.98 Å². The Morgan fingerprint density at radius 2 is 1.18 bits per heavy atom. The largest absolute Gasteiger partial charge is 0.456 e. The zero-order chi connectivity index (χ0) is 37.5. The van der Waals surface area contributed by atoms with Crippen LogP contribution in [0, 0.1) is 0 Å². The lowest BCUT2D eigenvalue weighted by Gasteiger charge is -2.23. The van der Waals surface area contributed by atoms with Crippen molar-refractivity contribution in [2.45, 2.75) is 6.17 Å². The van der Waals surface area contributed by atoms with Gasteiger partial charge in [0.25, 0.3) is 0 Å². The number of benzene rings is 8. The molecule has 4 heterocycles. The number of aromatic nitrogens is 1. The van der Waals surface area contributed by atoms with Crippen molar-refractivity contribution < 1.29 is 8.83 Å². The van der Waals surface area contributed by atoms with Gasteiger partial charge in [0.2, 0.25) is 0 Å². The lowest BCUT2D eigenvalue weighted by atomic mass is 9.98. The fourth-order valence-electron chi connectivity index (χ4n) is 8.66. The number of amidine groups is 2. The van der Waals surface area contributed by atoms with Crippen molar-refractivity contribution in [3.05, 3.63) is 199 Å². The van der Waals surface area contributed by atoms with Crippen LogP contribution in [0.15, 0.2) is 201 Å². The number of rotatable bonds is 5. The molecule has 0 saturated heterocycles. The number of nitrogens with one attached hydrogen (secondary N) is 1. The summed E-state index contributed by atoms with van der Waals surface area (Å²) < 4.78 is 15.7. The van der Waals surface area contributed by atoms with E-state index in [4.69, 9.17) is 18.8 Å². The maximum Gasteiger partial charge on any atom is 0.159 e. The van der Waals surface area contributed by atoms with E-state index in [2.05, 4.69) is 143 Å². The monoisotopic (exact) mass is 732 g/mol. The lowest BCUT2D eigenvalue weighted by Crippen LogP contribution is -2.33. The van der Waals surface area contributed by atoms with Crippen LogP contribution in [0.5, 0.6) is 0 Å². The van der Waals surface area contributed by atoms with E-state index in [1.54, 1.807) is 0 Å². The van der Waals surface area contributed by atoms with Crippen LogP contribution >= 0.6 is 0 Å². The average Bonchev–Trinajstić information content (AvgIpc) is 3.96. The van der Waals surface area contributed by atoms with E-state index < -0.39 is 0 Å². The first kappa shape index (κ1) is 31.6. The van der Waals surface area contributed by atoms with E-state index in [1.165, 1.54) is 21.8 Å². The Kier molecular flexibility index (Phi) is 6.89. The summed E-state index contributed by atoms with van der Waals surface area (Å²) in [6, 6.07) is 63.2. The molecule has 3 aromatic heterocycles. The van der Waals surface area contributed by atoms with Gasteiger partial charge in [-0.3, -0.25) is 0 Å². The molecule has 0 radical (unpaired) electrons. The zero-order valence-corrected chi connectivity index (χ0v) is 30.6. The molecular formula is C51H32N4O2. The first-order valence-electron chi connectivity index (χ1n) is 19.2. The van der Waals surface area contributed by atoms with Crippen molar-refractivity contribution in [2.24, 2.45) is 9.98 Å². The fourth-order valence-corrected chi connectivity index (χ4v) is 8.66. The van der Waals surface area contributed by atoms with Crippen molar-refractivity contribution in [3.8, 4) is 16.8 Å². The van der Waals surface area contributed by atoms with E-state index in [9.17, 15) is 0 Å². The molecule has 6 nitrogen and oxygen atoms in total. The number of aliphatic imine (C=N–C) groups is 2. The molecule has 11 aromatic rings. The van der Waals surface area contributed by atoms with Crippen LogP contribution in [0.2, 0.25) is 0 Å². The minimum absolute atomic E-state index is 0.305. The molecule has 268 valence electrons. The quantitative estimate of drug-likeness (QED) is 0.192. The minimum Gasteiger partial charge on any atom is -0.456 e. The minimum atomic E-state index is -0.305. The van der Waals surface area contributed by atoms with Crippen LogP contribution in [0.25, 0.3) is 82.5 Å². The van der Waals surface area contributed by atoms with E-state index in [-0.39, 0.29) is 6.17 Å². The second kappa shape index (κ2) is 12.4. The Labute approximate surface area is 326 Å². The second-order valence-electron chi connectivity index (χ2n) is 14.6. The van der Waals surface area contributed by atoms with Gasteiger partial charge in [0.05, 0.1) is 16.6 Å². The maximum atomic E-state index is 6.82. The first-order chi connectivity index (χ1) is 28.2. The fraction of sp³-hybridized carbons (Fsp3) is 0.0196. The third-order valence-electron chi connectivity index (χ3n) is 11.3. The number of nitrogens with zero attached hydrogens (tertiary/aromatic N) is 3. The summed E-state index contributed by atoms with van der Waals surface area (Å²) in [5.41, 5.74) is 11.8. The summed E-state index contributed by atoms with van der Waals surface area (Å²) in [5.74, 6) is 1.40. The molecule has 57 heavy (non-hydrogen) atoms. The molecule has 0 spiro atoms. The van der Waals surface area contributed by atoms with Gasteiger partial charge in [-0.05, 0) is 71.3 Å². The zero-order valence-electron chi connectivity index (χ0n) is 30.6. The Morgan fingerprint density at radius 1 is 0.474 bits per heavy atom. The SMILES string of the molecule is c1ccc(C2=NC(c3ccccc3)NC(c3cccc4c3oc3cc(-c5cccc6oc7ccc(-n8c9ccccc9c9ccccc98)cc7c56)ccc34)=N2)cc1. The van der Waals surface area contributed by atoms with Crippen molar-refractivity contribution in [2.75, 3.05) is 0 Å². The number of hydrogen-bond acceptors (Lipinski definition) is 5. The van der Waals surface area contributed by atoms with Crippen LogP contribution in [0.4, 0.5) is 0 Å². The maximum absolute atomic E-state index is 6.82. The van der Waals surface area contributed by atoms with Gasteiger partial charge >= 0.3 is 0 Å². The number of para-hydroxylation sites is 3. The topological polar surface area (TPSA) is 68.0 Å². The van der Waals surface area contributed by atoms with Crippen LogP contribution in [0.3, 0.4) is 0 Å². The van der Waals surface area contributed by atoms with Crippen LogP contribution in [-0.4, -0.2) is 16.2 Å².